The van der Waals surface area contributed by atoms with E-state index < -0.39 is 0 Å². The Morgan fingerprint density at radius 2 is 1.63 bits per heavy atom. The lowest BCUT2D eigenvalue weighted by atomic mass is 9.82. The monoisotopic (exact) mass is 518 g/mol. The third-order valence-corrected chi connectivity index (χ3v) is 8.54. The first-order valence-electron chi connectivity index (χ1n) is 13.3. The van der Waals surface area contributed by atoms with Gasteiger partial charge in [0.1, 0.15) is 5.52 Å². The summed E-state index contributed by atoms with van der Waals surface area (Å²) in [6, 6.07) is 21.9. The lowest BCUT2D eigenvalue weighted by Crippen LogP contribution is -2.12. The van der Waals surface area contributed by atoms with E-state index in [1.54, 1.807) is 0 Å². The zero-order valence-electron chi connectivity index (χ0n) is 23.3. The molecule has 0 aliphatic carbocycles. The Kier molecular flexibility index (Phi) is 5.73. The van der Waals surface area contributed by atoms with Gasteiger partial charge in [0.2, 0.25) is 0 Å². The maximum Gasteiger partial charge on any atom is 0.195 e. The van der Waals surface area contributed by atoms with Gasteiger partial charge in [-0.3, -0.25) is 4.98 Å². The average Bonchev–Trinajstić information content (AvgIpc) is 3.40. The molecule has 3 aromatic heterocycles. The van der Waals surface area contributed by atoms with Crippen molar-refractivity contribution in [2.45, 2.75) is 60.3 Å². The van der Waals surface area contributed by atoms with Crippen LogP contribution in [0.2, 0.25) is 0 Å². The van der Waals surface area contributed by atoms with E-state index >= 15 is 0 Å². The maximum absolute atomic E-state index is 6.18. The Bertz CT molecular complexity index is 1830. The van der Waals surface area contributed by atoms with Gasteiger partial charge < -0.3 is 4.42 Å². The molecule has 0 atom stereocenters. The highest BCUT2D eigenvalue weighted by Gasteiger charge is 2.21. The molecule has 38 heavy (non-hydrogen) atoms. The minimum absolute atomic E-state index is 0.0262. The highest BCUT2D eigenvalue weighted by molar-refractivity contribution is 7.23. The normalized spacial score (nSPS) is 12.7. The number of fused-ring (bicyclic) bond motifs is 3. The summed E-state index contributed by atoms with van der Waals surface area (Å²) in [6.45, 7) is 15.7. The van der Waals surface area contributed by atoms with Gasteiger partial charge in [-0.1, -0.05) is 71.9 Å². The average molecular weight is 519 g/mol. The van der Waals surface area contributed by atoms with E-state index in [4.69, 9.17) is 14.4 Å². The van der Waals surface area contributed by atoms with Crippen molar-refractivity contribution in [1.29, 1.82) is 0 Å². The fourth-order valence-corrected chi connectivity index (χ4v) is 6.65. The number of aromatic nitrogens is 2. The third-order valence-electron chi connectivity index (χ3n) is 7.17. The molecule has 0 unspecified atom stereocenters. The number of benzene rings is 3. The molecule has 0 N–H and O–H groups in total. The van der Waals surface area contributed by atoms with Gasteiger partial charge in [-0.2, -0.15) is 0 Å². The van der Waals surface area contributed by atoms with Crippen LogP contribution in [-0.2, 0) is 11.8 Å². The molecule has 3 heterocycles. The van der Waals surface area contributed by atoms with Gasteiger partial charge in [0.25, 0.3) is 0 Å². The van der Waals surface area contributed by atoms with Crippen molar-refractivity contribution < 1.29 is 4.42 Å². The van der Waals surface area contributed by atoms with Crippen LogP contribution in [0.25, 0.3) is 53.7 Å². The lowest BCUT2D eigenvalue weighted by molar-refractivity contribution is 0.362. The largest absolute Gasteiger partial charge is 0.441 e. The Morgan fingerprint density at radius 1 is 0.842 bits per heavy atom. The second-order valence-corrected chi connectivity index (χ2v) is 13.6. The summed E-state index contributed by atoms with van der Waals surface area (Å²) < 4.78 is 7.40. The van der Waals surface area contributed by atoms with Crippen molar-refractivity contribution in [2.75, 3.05) is 0 Å². The zero-order chi connectivity index (χ0) is 26.8. The standard InChI is InChI=1S/C34H34N2OS/c1-20-24-14-15-35-30(23-16-21-10-8-9-11-25(21)26(17-23)34(5,6)7)32(24)38-31(20)22-12-13-27-28(18-22)37-29(36-27)19-33(2,3)4/h8-18H,19H2,1-7H3. The van der Waals surface area contributed by atoms with E-state index in [0.29, 0.717) is 0 Å². The van der Waals surface area contributed by atoms with Crippen molar-refractivity contribution in [3.63, 3.8) is 0 Å². The Hall–Kier alpha value is -3.50. The highest BCUT2D eigenvalue weighted by atomic mass is 32.1. The van der Waals surface area contributed by atoms with Gasteiger partial charge in [-0.05, 0) is 80.9 Å². The Balaban J connectivity index is 1.50. The molecule has 0 spiro atoms. The van der Waals surface area contributed by atoms with Crippen LogP contribution in [0.5, 0.6) is 0 Å². The van der Waals surface area contributed by atoms with Crippen LogP contribution >= 0.6 is 11.3 Å². The summed E-state index contributed by atoms with van der Waals surface area (Å²) in [6.07, 6.45) is 2.77. The Labute approximate surface area is 228 Å². The summed E-state index contributed by atoms with van der Waals surface area (Å²) in [7, 11) is 0. The SMILES string of the molecule is Cc1c(-c2ccc3nc(CC(C)(C)C)oc3c2)sc2c(-c3cc(C(C)(C)C)c4ccccc4c3)nccc12. The quantitative estimate of drug-likeness (QED) is 0.234. The molecule has 4 heteroatoms. The molecule has 0 bridgehead atoms. The summed E-state index contributed by atoms with van der Waals surface area (Å²) in [5, 5.41) is 3.82. The Morgan fingerprint density at radius 3 is 2.39 bits per heavy atom. The van der Waals surface area contributed by atoms with Crippen molar-refractivity contribution in [3.05, 3.63) is 83.9 Å². The second-order valence-electron chi connectivity index (χ2n) is 12.6. The minimum Gasteiger partial charge on any atom is -0.441 e. The van der Waals surface area contributed by atoms with Crippen LogP contribution < -0.4 is 0 Å². The van der Waals surface area contributed by atoms with E-state index in [2.05, 4.69) is 109 Å². The first kappa shape index (κ1) is 24.8. The fourth-order valence-electron chi connectivity index (χ4n) is 5.34. The molecule has 0 aliphatic heterocycles. The van der Waals surface area contributed by atoms with E-state index in [1.807, 2.05) is 17.5 Å². The van der Waals surface area contributed by atoms with E-state index in [9.17, 15) is 0 Å². The van der Waals surface area contributed by atoms with Gasteiger partial charge in [-0.15, -0.1) is 11.3 Å². The lowest BCUT2D eigenvalue weighted by Gasteiger charge is -2.22. The molecule has 0 radical (unpaired) electrons. The molecule has 0 amide bonds. The maximum atomic E-state index is 6.18. The van der Waals surface area contributed by atoms with Crippen LogP contribution in [0, 0.1) is 12.3 Å². The molecule has 192 valence electrons. The number of hydrogen-bond acceptors (Lipinski definition) is 4. The minimum atomic E-state index is 0.0262. The number of nitrogens with zero attached hydrogens (tertiary/aromatic N) is 2. The molecule has 3 nitrogen and oxygen atoms in total. The summed E-state index contributed by atoms with van der Waals surface area (Å²) in [4.78, 5) is 10.9. The zero-order valence-corrected chi connectivity index (χ0v) is 24.1. The number of pyridine rings is 1. The van der Waals surface area contributed by atoms with Crippen LogP contribution in [0.4, 0.5) is 0 Å². The van der Waals surface area contributed by atoms with Gasteiger partial charge in [-0.25, -0.2) is 4.98 Å². The third kappa shape index (κ3) is 4.41. The number of oxazole rings is 1. The fraction of sp³-hybridized carbons (Fsp3) is 0.294. The molecular formula is C34H34N2OS. The summed E-state index contributed by atoms with van der Waals surface area (Å²) >= 11 is 1.82. The number of hydrogen-bond donors (Lipinski definition) is 0. The van der Waals surface area contributed by atoms with Gasteiger partial charge in [0, 0.05) is 23.1 Å². The highest BCUT2D eigenvalue weighted by Crippen LogP contribution is 2.44. The van der Waals surface area contributed by atoms with Crippen molar-refractivity contribution in [2.24, 2.45) is 5.41 Å². The molecule has 0 saturated heterocycles. The topological polar surface area (TPSA) is 38.9 Å². The molecular weight excluding hydrogens is 484 g/mol. The first-order chi connectivity index (χ1) is 18.0. The molecule has 0 fully saturated rings. The van der Waals surface area contributed by atoms with Crippen molar-refractivity contribution in [3.8, 4) is 21.7 Å². The molecule has 0 aliphatic rings. The van der Waals surface area contributed by atoms with Gasteiger partial charge in [0.05, 0.1) is 10.4 Å². The summed E-state index contributed by atoms with van der Waals surface area (Å²) in [5.41, 5.74) is 7.93. The van der Waals surface area contributed by atoms with Crippen molar-refractivity contribution >= 4 is 43.3 Å². The van der Waals surface area contributed by atoms with E-state index in [-0.39, 0.29) is 10.8 Å². The first-order valence-corrected chi connectivity index (χ1v) is 14.1. The van der Waals surface area contributed by atoms with Crippen LogP contribution in [-0.4, -0.2) is 9.97 Å². The van der Waals surface area contributed by atoms with E-state index in [0.717, 1.165) is 34.7 Å². The van der Waals surface area contributed by atoms with Crippen LogP contribution in [0.1, 0.15) is 58.6 Å². The number of rotatable bonds is 3. The molecule has 3 aromatic carbocycles. The number of thiophene rings is 1. The summed E-state index contributed by atoms with van der Waals surface area (Å²) in [5.74, 6) is 0.801. The molecule has 6 aromatic rings. The van der Waals surface area contributed by atoms with Gasteiger partial charge in [0.15, 0.2) is 11.5 Å². The predicted molar refractivity (Wildman–Crippen MR) is 162 cm³/mol. The molecule has 6 rings (SSSR count). The second kappa shape index (κ2) is 8.78. The number of aryl methyl sites for hydroxylation is 1. The van der Waals surface area contributed by atoms with Gasteiger partial charge >= 0.3 is 0 Å². The molecule has 0 saturated carbocycles. The predicted octanol–water partition coefficient (Wildman–Crippen LogP) is 10.1. The van der Waals surface area contributed by atoms with Crippen LogP contribution in [0.15, 0.2) is 71.3 Å². The van der Waals surface area contributed by atoms with Crippen LogP contribution in [0.3, 0.4) is 0 Å². The van der Waals surface area contributed by atoms with E-state index in [1.165, 1.54) is 42.4 Å². The van der Waals surface area contributed by atoms with Crippen molar-refractivity contribution in [1.82, 2.24) is 9.97 Å². The smallest absolute Gasteiger partial charge is 0.195 e.